The Labute approximate surface area is 82.7 Å². The van der Waals surface area contributed by atoms with Gasteiger partial charge in [0.2, 0.25) is 5.13 Å². The van der Waals surface area contributed by atoms with Crippen molar-refractivity contribution in [1.29, 1.82) is 0 Å². The lowest BCUT2D eigenvalue weighted by Gasteiger charge is -2.12. The number of rotatable bonds is 3. The van der Waals surface area contributed by atoms with E-state index in [0.29, 0.717) is 6.54 Å². The molecule has 0 aliphatic heterocycles. The molecule has 1 heterocycles. The molecule has 0 atom stereocenters. The van der Waals surface area contributed by atoms with Gasteiger partial charge in [0.1, 0.15) is 5.82 Å². The first kappa shape index (κ1) is 10.4. The Kier molecular flexibility index (Phi) is 3.22. The topological polar surface area (TPSA) is 63.8 Å². The van der Waals surface area contributed by atoms with Crippen molar-refractivity contribution in [3.8, 4) is 0 Å². The van der Waals surface area contributed by atoms with Crippen LogP contribution in [0.5, 0.6) is 0 Å². The molecule has 0 aliphatic carbocycles. The molecule has 5 heteroatoms. The Hall–Kier alpha value is -0.680. The highest BCUT2D eigenvalue weighted by atomic mass is 32.1. The molecule has 0 radical (unpaired) electrons. The Morgan fingerprint density at radius 3 is 2.62 bits per heavy atom. The van der Waals surface area contributed by atoms with Crippen molar-refractivity contribution in [3.63, 3.8) is 0 Å². The molecule has 0 saturated heterocycles. The van der Waals surface area contributed by atoms with Crippen LogP contribution in [-0.4, -0.2) is 22.4 Å². The molecule has 0 saturated carbocycles. The van der Waals surface area contributed by atoms with E-state index in [0.717, 1.165) is 17.5 Å². The number of aromatic nitrogens is 2. The van der Waals surface area contributed by atoms with Crippen molar-refractivity contribution >= 4 is 16.7 Å². The SMILES string of the molecule is CC(C)(C)c1nsc(NCCN)n1. The van der Waals surface area contributed by atoms with Gasteiger partial charge in [0.25, 0.3) is 0 Å². The zero-order valence-electron chi connectivity index (χ0n) is 8.29. The summed E-state index contributed by atoms with van der Waals surface area (Å²) in [5, 5.41) is 3.96. The van der Waals surface area contributed by atoms with E-state index in [9.17, 15) is 0 Å². The predicted octanol–water partition coefficient (Wildman–Crippen LogP) is 1.21. The van der Waals surface area contributed by atoms with Crippen LogP contribution in [0.4, 0.5) is 5.13 Å². The summed E-state index contributed by atoms with van der Waals surface area (Å²) in [6.07, 6.45) is 0. The van der Waals surface area contributed by atoms with E-state index in [2.05, 4.69) is 35.4 Å². The number of nitrogens with two attached hydrogens (primary N) is 1. The van der Waals surface area contributed by atoms with Gasteiger partial charge in [-0.05, 0) is 0 Å². The molecule has 1 aromatic rings. The normalized spacial score (nSPS) is 11.7. The zero-order chi connectivity index (χ0) is 9.90. The van der Waals surface area contributed by atoms with Crippen LogP contribution in [0, 0.1) is 0 Å². The van der Waals surface area contributed by atoms with E-state index >= 15 is 0 Å². The van der Waals surface area contributed by atoms with Crippen molar-refractivity contribution in [2.75, 3.05) is 18.4 Å². The van der Waals surface area contributed by atoms with E-state index in [1.54, 1.807) is 0 Å². The quantitative estimate of drug-likeness (QED) is 0.769. The Bertz CT molecular complexity index is 263. The predicted molar refractivity (Wildman–Crippen MR) is 56.2 cm³/mol. The van der Waals surface area contributed by atoms with Crippen LogP contribution in [0.2, 0.25) is 0 Å². The van der Waals surface area contributed by atoms with Crippen LogP contribution >= 0.6 is 11.5 Å². The molecular formula is C8H16N4S. The van der Waals surface area contributed by atoms with Crippen LogP contribution < -0.4 is 11.1 Å². The Morgan fingerprint density at radius 1 is 1.46 bits per heavy atom. The minimum absolute atomic E-state index is 0.0269. The second-order valence-electron chi connectivity index (χ2n) is 3.89. The fourth-order valence-electron chi connectivity index (χ4n) is 0.779. The second-order valence-corrected chi connectivity index (χ2v) is 4.64. The summed E-state index contributed by atoms with van der Waals surface area (Å²) >= 11 is 1.39. The van der Waals surface area contributed by atoms with E-state index in [-0.39, 0.29) is 5.41 Å². The molecule has 4 nitrogen and oxygen atoms in total. The second kappa shape index (κ2) is 4.02. The van der Waals surface area contributed by atoms with E-state index in [1.165, 1.54) is 11.5 Å². The largest absolute Gasteiger partial charge is 0.359 e. The number of anilines is 1. The summed E-state index contributed by atoms with van der Waals surface area (Å²) in [7, 11) is 0. The van der Waals surface area contributed by atoms with Gasteiger partial charge in [0, 0.05) is 30.0 Å². The smallest absolute Gasteiger partial charge is 0.202 e. The third kappa shape index (κ3) is 2.93. The highest BCUT2D eigenvalue weighted by Gasteiger charge is 2.19. The highest BCUT2D eigenvalue weighted by molar-refractivity contribution is 7.09. The third-order valence-electron chi connectivity index (χ3n) is 1.52. The zero-order valence-corrected chi connectivity index (χ0v) is 9.11. The molecule has 0 amide bonds. The maximum atomic E-state index is 5.36. The molecule has 1 aromatic heterocycles. The molecule has 0 unspecified atom stereocenters. The average molecular weight is 200 g/mol. The van der Waals surface area contributed by atoms with E-state index in [1.807, 2.05) is 0 Å². The van der Waals surface area contributed by atoms with Crippen LogP contribution in [0.15, 0.2) is 0 Å². The van der Waals surface area contributed by atoms with Crippen molar-refractivity contribution in [2.45, 2.75) is 26.2 Å². The average Bonchev–Trinajstić information content (AvgIpc) is 2.47. The van der Waals surface area contributed by atoms with Crippen LogP contribution in [0.1, 0.15) is 26.6 Å². The standard InChI is InChI=1S/C8H16N4S/c1-8(2,3)6-11-7(13-12-6)10-5-4-9/h4-5,9H2,1-3H3,(H,10,11,12). The summed E-state index contributed by atoms with van der Waals surface area (Å²) < 4.78 is 4.27. The first-order valence-corrected chi connectivity index (χ1v) is 5.09. The lowest BCUT2D eigenvalue weighted by Crippen LogP contribution is -2.15. The maximum absolute atomic E-state index is 5.36. The Morgan fingerprint density at radius 2 is 2.15 bits per heavy atom. The van der Waals surface area contributed by atoms with Gasteiger partial charge in [0.05, 0.1) is 0 Å². The molecule has 0 fully saturated rings. The lowest BCUT2D eigenvalue weighted by molar-refractivity contribution is 0.555. The van der Waals surface area contributed by atoms with Gasteiger partial charge in [0.15, 0.2) is 0 Å². The van der Waals surface area contributed by atoms with Crippen LogP contribution in [-0.2, 0) is 5.41 Å². The van der Waals surface area contributed by atoms with Gasteiger partial charge in [-0.2, -0.15) is 4.37 Å². The van der Waals surface area contributed by atoms with Gasteiger partial charge in [-0.1, -0.05) is 20.8 Å². The summed E-state index contributed by atoms with van der Waals surface area (Å²) in [6.45, 7) is 7.66. The number of nitrogens with zero attached hydrogens (tertiary/aromatic N) is 2. The van der Waals surface area contributed by atoms with Crippen molar-refractivity contribution in [2.24, 2.45) is 5.73 Å². The van der Waals surface area contributed by atoms with Gasteiger partial charge < -0.3 is 11.1 Å². The number of hydrogen-bond acceptors (Lipinski definition) is 5. The fraction of sp³-hybridized carbons (Fsp3) is 0.750. The first-order chi connectivity index (χ1) is 6.04. The number of hydrogen-bond donors (Lipinski definition) is 2. The van der Waals surface area contributed by atoms with Gasteiger partial charge >= 0.3 is 0 Å². The molecule has 74 valence electrons. The lowest BCUT2D eigenvalue weighted by atomic mass is 9.96. The monoisotopic (exact) mass is 200 g/mol. The summed E-state index contributed by atoms with van der Waals surface area (Å²) in [5.74, 6) is 0.886. The molecule has 0 spiro atoms. The maximum Gasteiger partial charge on any atom is 0.202 e. The van der Waals surface area contributed by atoms with E-state index < -0.39 is 0 Å². The minimum atomic E-state index is 0.0269. The fourth-order valence-corrected chi connectivity index (χ4v) is 1.56. The van der Waals surface area contributed by atoms with Crippen molar-refractivity contribution in [1.82, 2.24) is 9.36 Å². The van der Waals surface area contributed by atoms with E-state index in [4.69, 9.17) is 5.73 Å². The van der Waals surface area contributed by atoms with Gasteiger partial charge in [-0.3, -0.25) is 0 Å². The van der Waals surface area contributed by atoms with Crippen LogP contribution in [0.3, 0.4) is 0 Å². The van der Waals surface area contributed by atoms with Crippen molar-refractivity contribution < 1.29 is 0 Å². The summed E-state index contributed by atoms with van der Waals surface area (Å²) in [4.78, 5) is 4.36. The minimum Gasteiger partial charge on any atom is -0.359 e. The molecule has 0 bridgehead atoms. The Balaban J connectivity index is 2.64. The number of nitrogens with one attached hydrogen (secondary N) is 1. The van der Waals surface area contributed by atoms with Gasteiger partial charge in [-0.15, -0.1) is 0 Å². The van der Waals surface area contributed by atoms with Crippen molar-refractivity contribution in [3.05, 3.63) is 5.82 Å². The molecule has 1 rings (SSSR count). The van der Waals surface area contributed by atoms with Gasteiger partial charge in [-0.25, -0.2) is 4.98 Å². The summed E-state index contributed by atoms with van der Waals surface area (Å²) in [6, 6.07) is 0. The molecular weight excluding hydrogens is 184 g/mol. The molecule has 13 heavy (non-hydrogen) atoms. The molecule has 0 aromatic carbocycles. The molecule has 3 N–H and O–H groups in total. The first-order valence-electron chi connectivity index (χ1n) is 4.32. The third-order valence-corrected chi connectivity index (χ3v) is 2.19. The molecule has 0 aliphatic rings. The summed E-state index contributed by atoms with van der Waals surface area (Å²) in [5.41, 5.74) is 5.39. The highest BCUT2D eigenvalue weighted by Crippen LogP contribution is 2.22. The van der Waals surface area contributed by atoms with Crippen LogP contribution in [0.25, 0.3) is 0 Å².